The number of hydrogen-bond donors (Lipinski definition) is 1. The first-order valence-corrected chi connectivity index (χ1v) is 6.23. The molecule has 1 amide bonds. The Labute approximate surface area is 114 Å². The van der Waals surface area contributed by atoms with E-state index in [0.29, 0.717) is 17.1 Å². The highest BCUT2D eigenvalue weighted by Crippen LogP contribution is 2.17. The molecular formula is C13H12BrN3O. The van der Waals surface area contributed by atoms with Crippen molar-refractivity contribution in [2.75, 3.05) is 5.32 Å². The SMILES string of the molecule is Cc1nc(NC(=O)c2cccnc2C)ccc1Br. The van der Waals surface area contributed by atoms with Crippen LogP contribution in [0.1, 0.15) is 21.7 Å². The van der Waals surface area contributed by atoms with Crippen LogP contribution in [0.4, 0.5) is 5.82 Å². The lowest BCUT2D eigenvalue weighted by molar-refractivity contribution is 0.102. The van der Waals surface area contributed by atoms with Gasteiger partial charge in [-0.2, -0.15) is 0 Å². The van der Waals surface area contributed by atoms with Crippen molar-refractivity contribution in [2.24, 2.45) is 0 Å². The molecule has 0 saturated carbocycles. The Morgan fingerprint density at radius 2 is 2.00 bits per heavy atom. The Hall–Kier alpha value is -1.75. The first-order valence-electron chi connectivity index (χ1n) is 5.44. The molecule has 18 heavy (non-hydrogen) atoms. The molecule has 4 nitrogen and oxygen atoms in total. The van der Waals surface area contributed by atoms with E-state index in [1.165, 1.54) is 0 Å². The van der Waals surface area contributed by atoms with Crippen LogP contribution in [0.5, 0.6) is 0 Å². The highest BCUT2D eigenvalue weighted by atomic mass is 79.9. The van der Waals surface area contributed by atoms with Gasteiger partial charge in [0.15, 0.2) is 0 Å². The number of nitrogens with zero attached hydrogens (tertiary/aromatic N) is 2. The molecular weight excluding hydrogens is 294 g/mol. The van der Waals surface area contributed by atoms with Gasteiger partial charge in [0.1, 0.15) is 5.82 Å². The number of hydrogen-bond acceptors (Lipinski definition) is 3. The van der Waals surface area contributed by atoms with Gasteiger partial charge in [-0.25, -0.2) is 4.98 Å². The summed E-state index contributed by atoms with van der Waals surface area (Å²) in [6.45, 7) is 3.67. The summed E-state index contributed by atoms with van der Waals surface area (Å²) in [5.74, 6) is 0.332. The van der Waals surface area contributed by atoms with Crippen LogP contribution in [0.3, 0.4) is 0 Å². The molecule has 0 atom stereocenters. The zero-order valence-corrected chi connectivity index (χ0v) is 11.7. The molecule has 0 aliphatic rings. The number of rotatable bonds is 2. The first-order chi connectivity index (χ1) is 8.58. The smallest absolute Gasteiger partial charge is 0.258 e. The van der Waals surface area contributed by atoms with Gasteiger partial charge in [-0.05, 0) is 54.0 Å². The molecule has 0 bridgehead atoms. The second-order valence-electron chi connectivity index (χ2n) is 3.85. The normalized spacial score (nSPS) is 10.2. The molecule has 0 fully saturated rings. The zero-order valence-electron chi connectivity index (χ0n) is 10.1. The predicted molar refractivity (Wildman–Crippen MR) is 73.6 cm³/mol. The number of halogens is 1. The third-order valence-electron chi connectivity index (χ3n) is 2.51. The molecule has 0 unspecified atom stereocenters. The standard InChI is InChI=1S/C13H12BrN3O/c1-8-10(4-3-7-15-8)13(18)17-12-6-5-11(14)9(2)16-12/h3-7H,1-2H3,(H,16,17,18). The fraction of sp³-hybridized carbons (Fsp3) is 0.154. The quantitative estimate of drug-likeness (QED) is 0.927. The number of carbonyl (C=O) groups excluding carboxylic acids is 1. The van der Waals surface area contributed by atoms with E-state index in [1.807, 2.05) is 13.0 Å². The number of amides is 1. The van der Waals surface area contributed by atoms with E-state index < -0.39 is 0 Å². The van der Waals surface area contributed by atoms with Crippen molar-refractivity contribution < 1.29 is 4.79 Å². The number of anilines is 1. The third kappa shape index (κ3) is 2.73. The van der Waals surface area contributed by atoms with E-state index in [-0.39, 0.29) is 5.91 Å². The Bertz CT molecular complexity index is 599. The molecule has 0 aliphatic heterocycles. The minimum atomic E-state index is -0.199. The first kappa shape index (κ1) is 12.7. The van der Waals surface area contributed by atoms with Gasteiger partial charge in [0.2, 0.25) is 0 Å². The molecule has 0 radical (unpaired) electrons. The molecule has 2 heterocycles. The summed E-state index contributed by atoms with van der Waals surface area (Å²) in [6.07, 6.45) is 1.66. The summed E-state index contributed by atoms with van der Waals surface area (Å²) in [4.78, 5) is 20.4. The number of aryl methyl sites for hydroxylation is 2. The van der Waals surface area contributed by atoms with Crippen molar-refractivity contribution >= 4 is 27.7 Å². The Balaban J connectivity index is 2.22. The predicted octanol–water partition coefficient (Wildman–Crippen LogP) is 3.11. The van der Waals surface area contributed by atoms with Gasteiger partial charge in [0.05, 0.1) is 11.3 Å². The monoisotopic (exact) mass is 305 g/mol. The minimum absolute atomic E-state index is 0.199. The molecule has 0 aromatic carbocycles. The fourth-order valence-electron chi connectivity index (χ4n) is 1.52. The lowest BCUT2D eigenvalue weighted by Gasteiger charge is -2.07. The van der Waals surface area contributed by atoms with Crippen LogP contribution in [-0.2, 0) is 0 Å². The highest BCUT2D eigenvalue weighted by Gasteiger charge is 2.10. The molecule has 0 spiro atoms. The average Bonchev–Trinajstić information content (AvgIpc) is 2.34. The van der Waals surface area contributed by atoms with E-state index in [1.54, 1.807) is 31.3 Å². The van der Waals surface area contributed by atoms with E-state index in [9.17, 15) is 4.79 Å². The van der Waals surface area contributed by atoms with Gasteiger partial charge in [0.25, 0.3) is 5.91 Å². The van der Waals surface area contributed by atoms with Crippen LogP contribution < -0.4 is 5.32 Å². The average molecular weight is 306 g/mol. The van der Waals surface area contributed by atoms with Crippen LogP contribution in [0.2, 0.25) is 0 Å². The lowest BCUT2D eigenvalue weighted by Crippen LogP contribution is -2.15. The van der Waals surface area contributed by atoms with E-state index in [2.05, 4.69) is 31.2 Å². The molecule has 2 aromatic heterocycles. The number of aromatic nitrogens is 2. The maximum absolute atomic E-state index is 12.0. The highest BCUT2D eigenvalue weighted by molar-refractivity contribution is 9.10. The van der Waals surface area contributed by atoms with Crippen molar-refractivity contribution in [3.05, 3.63) is 51.9 Å². The summed E-state index contributed by atoms with van der Waals surface area (Å²) in [6, 6.07) is 7.08. The topological polar surface area (TPSA) is 54.9 Å². The van der Waals surface area contributed by atoms with Gasteiger partial charge in [-0.1, -0.05) is 0 Å². The van der Waals surface area contributed by atoms with Crippen LogP contribution in [0.15, 0.2) is 34.9 Å². The fourth-order valence-corrected chi connectivity index (χ4v) is 1.74. The van der Waals surface area contributed by atoms with Crippen molar-refractivity contribution in [1.29, 1.82) is 0 Å². The zero-order chi connectivity index (χ0) is 13.1. The van der Waals surface area contributed by atoms with Crippen LogP contribution >= 0.6 is 15.9 Å². The Morgan fingerprint density at radius 1 is 1.22 bits per heavy atom. The molecule has 2 rings (SSSR count). The summed E-state index contributed by atoms with van der Waals surface area (Å²) in [5.41, 5.74) is 2.08. The molecule has 5 heteroatoms. The summed E-state index contributed by atoms with van der Waals surface area (Å²) < 4.78 is 0.915. The van der Waals surface area contributed by atoms with Gasteiger partial charge in [0, 0.05) is 16.4 Å². The number of pyridine rings is 2. The summed E-state index contributed by atoms with van der Waals surface area (Å²) in [7, 11) is 0. The minimum Gasteiger partial charge on any atom is -0.306 e. The van der Waals surface area contributed by atoms with Crippen molar-refractivity contribution in [1.82, 2.24) is 9.97 Å². The van der Waals surface area contributed by atoms with E-state index in [0.717, 1.165) is 10.2 Å². The van der Waals surface area contributed by atoms with Crippen LogP contribution in [0.25, 0.3) is 0 Å². The Morgan fingerprint density at radius 3 is 2.67 bits per heavy atom. The maximum atomic E-state index is 12.0. The van der Waals surface area contributed by atoms with E-state index in [4.69, 9.17) is 0 Å². The van der Waals surface area contributed by atoms with Gasteiger partial charge in [-0.15, -0.1) is 0 Å². The largest absolute Gasteiger partial charge is 0.306 e. The lowest BCUT2D eigenvalue weighted by atomic mass is 10.2. The van der Waals surface area contributed by atoms with E-state index >= 15 is 0 Å². The number of carbonyl (C=O) groups is 1. The molecule has 1 N–H and O–H groups in total. The van der Waals surface area contributed by atoms with Crippen LogP contribution in [0, 0.1) is 13.8 Å². The number of nitrogens with one attached hydrogen (secondary N) is 1. The molecule has 0 aliphatic carbocycles. The van der Waals surface area contributed by atoms with Crippen molar-refractivity contribution in [3.8, 4) is 0 Å². The van der Waals surface area contributed by atoms with Crippen molar-refractivity contribution in [2.45, 2.75) is 13.8 Å². The second-order valence-corrected chi connectivity index (χ2v) is 4.71. The van der Waals surface area contributed by atoms with Crippen molar-refractivity contribution in [3.63, 3.8) is 0 Å². The second kappa shape index (κ2) is 5.27. The Kier molecular flexibility index (Phi) is 3.72. The molecule has 2 aromatic rings. The van der Waals surface area contributed by atoms with Crippen LogP contribution in [-0.4, -0.2) is 15.9 Å². The van der Waals surface area contributed by atoms with Gasteiger partial charge in [-0.3, -0.25) is 9.78 Å². The summed E-state index contributed by atoms with van der Waals surface area (Å²) >= 11 is 3.37. The van der Waals surface area contributed by atoms with Gasteiger partial charge >= 0.3 is 0 Å². The summed E-state index contributed by atoms with van der Waals surface area (Å²) in [5, 5.41) is 2.76. The maximum Gasteiger partial charge on any atom is 0.258 e. The van der Waals surface area contributed by atoms with Gasteiger partial charge < -0.3 is 5.32 Å². The third-order valence-corrected chi connectivity index (χ3v) is 3.35. The molecule has 92 valence electrons. The molecule has 0 saturated heterocycles.